The summed E-state index contributed by atoms with van der Waals surface area (Å²) in [6.07, 6.45) is 2.20. The molecule has 0 radical (unpaired) electrons. The summed E-state index contributed by atoms with van der Waals surface area (Å²) in [6.45, 7) is 8.47. The fourth-order valence-corrected chi connectivity index (χ4v) is 2.37. The van der Waals surface area contributed by atoms with Gasteiger partial charge in [-0.25, -0.2) is 0 Å². The summed E-state index contributed by atoms with van der Waals surface area (Å²) in [5, 5.41) is 6.40. The van der Waals surface area contributed by atoms with Crippen molar-refractivity contribution in [2.24, 2.45) is 0 Å². The maximum atomic E-state index is 12.1. The van der Waals surface area contributed by atoms with E-state index in [1.54, 1.807) is 0 Å². The fraction of sp³-hybridized carbons (Fsp3) is 0.562. The molecule has 1 aliphatic heterocycles. The van der Waals surface area contributed by atoms with Gasteiger partial charge >= 0.3 is 0 Å². The molecule has 0 aliphatic carbocycles. The van der Waals surface area contributed by atoms with Crippen LogP contribution in [0.4, 0.5) is 0 Å². The van der Waals surface area contributed by atoms with Crippen molar-refractivity contribution in [3.8, 4) is 0 Å². The molecule has 0 saturated carbocycles. The molecule has 1 aliphatic rings. The summed E-state index contributed by atoms with van der Waals surface area (Å²) >= 11 is 0. The second-order valence-corrected chi connectivity index (χ2v) is 6.34. The highest BCUT2D eigenvalue weighted by atomic mass is 35.5. The minimum absolute atomic E-state index is 0. The predicted octanol–water partition coefficient (Wildman–Crippen LogP) is 2.89. The number of carbonyl (C=O) groups is 1. The number of halogens is 1. The van der Waals surface area contributed by atoms with Crippen LogP contribution in [0.2, 0.25) is 0 Å². The van der Waals surface area contributed by atoms with Gasteiger partial charge in [0.2, 0.25) is 0 Å². The van der Waals surface area contributed by atoms with Gasteiger partial charge in [-0.2, -0.15) is 0 Å². The summed E-state index contributed by atoms with van der Waals surface area (Å²) in [6, 6.07) is 8.21. The summed E-state index contributed by atoms with van der Waals surface area (Å²) in [4.78, 5) is 12.1. The molecule has 0 aromatic heterocycles. The van der Waals surface area contributed by atoms with Gasteiger partial charge in [-0.1, -0.05) is 32.9 Å². The number of carbonyl (C=O) groups excluding carboxylic acids is 1. The van der Waals surface area contributed by atoms with Crippen LogP contribution in [0.5, 0.6) is 0 Å². The summed E-state index contributed by atoms with van der Waals surface area (Å²) < 4.78 is 0. The van der Waals surface area contributed by atoms with Gasteiger partial charge in [0, 0.05) is 18.2 Å². The third-order valence-corrected chi connectivity index (χ3v) is 3.65. The molecule has 0 spiro atoms. The smallest absolute Gasteiger partial charge is 0.251 e. The Kier molecular flexibility index (Phi) is 6.03. The summed E-state index contributed by atoms with van der Waals surface area (Å²) in [5.74, 6) is 0.0363. The van der Waals surface area contributed by atoms with Crippen molar-refractivity contribution in [2.75, 3.05) is 13.1 Å². The van der Waals surface area contributed by atoms with Crippen LogP contribution >= 0.6 is 12.4 Å². The van der Waals surface area contributed by atoms with Crippen molar-refractivity contribution in [1.29, 1.82) is 0 Å². The number of amides is 1. The Morgan fingerprint density at radius 3 is 2.40 bits per heavy atom. The molecule has 4 heteroatoms. The first kappa shape index (κ1) is 17.0. The normalized spacial score (nSPS) is 19.1. The largest absolute Gasteiger partial charge is 0.348 e. The Bertz CT molecular complexity index is 431. The highest BCUT2D eigenvalue weighted by Gasteiger charge is 2.17. The van der Waals surface area contributed by atoms with Gasteiger partial charge in [-0.3, -0.25) is 4.79 Å². The molecule has 1 heterocycles. The zero-order chi connectivity index (χ0) is 13.9. The van der Waals surface area contributed by atoms with Crippen LogP contribution in [0.15, 0.2) is 24.3 Å². The van der Waals surface area contributed by atoms with E-state index in [4.69, 9.17) is 0 Å². The minimum atomic E-state index is 0. The fourth-order valence-electron chi connectivity index (χ4n) is 2.37. The number of benzene rings is 1. The van der Waals surface area contributed by atoms with Crippen LogP contribution in [0.3, 0.4) is 0 Å². The molecule has 2 N–H and O–H groups in total. The van der Waals surface area contributed by atoms with Crippen molar-refractivity contribution in [3.63, 3.8) is 0 Å². The SMILES string of the molecule is CC(C)(C)c1ccc(C(=O)N[C@@H]2CCCNC2)cc1.Cl. The van der Waals surface area contributed by atoms with Crippen molar-refractivity contribution < 1.29 is 4.79 Å². The first-order chi connectivity index (χ1) is 8.97. The van der Waals surface area contributed by atoms with E-state index in [0.29, 0.717) is 0 Å². The van der Waals surface area contributed by atoms with Crippen molar-refractivity contribution in [2.45, 2.75) is 45.1 Å². The van der Waals surface area contributed by atoms with E-state index in [0.717, 1.165) is 31.5 Å². The average Bonchev–Trinajstić information content (AvgIpc) is 2.39. The molecule has 3 nitrogen and oxygen atoms in total. The molecule has 0 unspecified atom stereocenters. The number of nitrogens with one attached hydrogen (secondary N) is 2. The van der Waals surface area contributed by atoms with Crippen molar-refractivity contribution in [3.05, 3.63) is 35.4 Å². The van der Waals surface area contributed by atoms with E-state index in [1.165, 1.54) is 5.56 Å². The topological polar surface area (TPSA) is 41.1 Å². The predicted molar refractivity (Wildman–Crippen MR) is 85.7 cm³/mol. The molecule has 1 atom stereocenters. The Morgan fingerprint density at radius 2 is 1.90 bits per heavy atom. The quantitative estimate of drug-likeness (QED) is 0.881. The summed E-state index contributed by atoms with van der Waals surface area (Å²) in [7, 11) is 0. The summed E-state index contributed by atoms with van der Waals surface area (Å²) in [5.41, 5.74) is 2.13. The van der Waals surface area contributed by atoms with Crippen LogP contribution in [-0.2, 0) is 5.41 Å². The zero-order valence-corrected chi connectivity index (χ0v) is 13.3. The first-order valence-electron chi connectivity index (χ1n) is 7.09. The second-order valence-electron chi connectivity index (χ2n) is 6.34. The number of rotatable bonds is 2. The van der Waals surface area contributed by atoms with E-state index in [1.807, 2.05) is 24.3 Å². The van der Waals surface area contributed by atoms with Gasteiger partial charge in [0.05, 0.1) is 0 Å². The zero-order valence-electron chi connectivity index (χ0n) is 12.5. The third kappa shape index (κ3) is 4.50. The van der Waals surface area contributed by atoms with E-state index < -0.39 is 0 Å². The van der Waals surface area contributed by atoms with Gasteiger partial charge in [0.25, 0.3) is 5.91 Å². The lowest BCUT2D eigenvalue weighted by Gasteiger charge is -2.24. The van der Waals surface area contributed by atoms with Gasteiger partial charge in [0.15, 0.2) is 0 Å². The Morgan fingerprint density at radius 1 is 1.25 bits per heavy atom. The maximum Gasteiger partial charge on any atom is 0.251 e. The van der Waals surface area contributed by atoms with Crippen LogP contribution in [0.25, 0.3) is 0 Å². The Balaban J connectivity index is 0.00000200. The molecule has 0 bridgehead atoms. The van der Waals surface area contributed by atoms with Crippen molar-refractivity contribution in [1.82, 2.24) is 10.6 Å². The van der Waals surface area contributed by atoms with Crippen molar-refractivity contribution >= 4 is 18.3 Å². The lowest BCUT2D eigenvalue weighted by Crippen LogP contribution is -2.45. The van der Waals surface area contributed by atoms with Gasteiger partial charge < -0.3 is 10.6 Å². The molecule has 2 rings (SSSR count). The van der Waals surface area contributed by atoms with Gasteiger partial charge in [-0.05, 0) is 42.5 Å². The molecule has 1 aromatic rings. The van der Waals surface area contributed by atoms with Gasteiger partial charge in [0.1, 0.15) is 0 Å². The Hall–Kier alpha value is -1.06. The number of piperidine rings is 1. The Labute approximate surface area is 127 Å². The number of hydrogen-bond donors (Lipinski definition) is 2. The molecule has 1 aromatic carbocycles. The highest BCUT2D eigenvalue weighted by molar-refractivity contribution is 5.94. The standard InChI is InChI=1S/C16H24N2O.ClH/c1-16(2,3)13-8-6-12(7-9-13)15(19)18-14-5-4-10-17-11-14;/h6-9,14,17H,4-5,10-11H2,1-3H3,(H,18,19);1H/t14-;/m1./s1. The molecular weight excluding hydrogens is 272 g/mol. The molecule has 112 valence electrons. The lowest BCUT2D eigenvalue weighted by molar-refractivity contribution is 0.0930. The molecular formula is C16H25ClN2O. The number of hydrogen-bond acceptors (Lipinski definition) is 2. The molecule has 1 fully saturated rings. The van der Waals surface area contributed by atoms with E-state index in [9.17, 15) is 4.79 Å². The van der Waals surface area contributed by atoms with Crippen LogP contribution < -0.4 is 10.6 Å². The van der Waals surface area contributed by atoms with E-state index in [-0.39, 0.29) is 29.8 Å². The molecule has 1 saturated heterocycles. The van der Waals surface area contributed by atoms with E-state index in [2.05, 4.69) is 31.4 Å². The first-order valence-corrected chi connectivity index (χ1v) is 7.09. The van der Waals surface area contributed by atoms with Crippen LogP contribution in [-0.4, -0.2) is 25.0 Å². The molecule has 1 amide bonds. The minimum Gasteiger partial charge on any atom is -0.348 e. The van der Waals surface area contributed by atoms with Crippen LogP contribution in [0, 0.1) is 0 Å². The molecule has 20 heavy (non-hydrogen) atoms. The average molecular weight is 297 g/mol. The highest BCUT2D eigenvalue weighted by Crippen LogP contribution is 2.22. The van der Waals surface area contributed by atoms with Gasteiger partial charge in [-0.15, -0.1) is 12.4 Å². The third-order valence-electron chi connectivity index (χ3n) is 3.65. The second kappa shape index (κ2) is 7.09. The monoisotopic (exact) mass is 296 g/mol. The maximum absolute atomic E-state index is 12.1. The van der Waals surface area contributed by atoms with E-state index >= 15 is 0 Å². The van der Waals surface area contributed by atoms with Crippen LogP contribution in [0.1, 0.15) is 49.5 Å². The lowest BCUT2D eigenvalue weighted by atomic mass is 9.86.